The summed E-state index contributed by atoms with van der Waals surface area (Å²) in [5, 5.41) is 7.78. The van der Waals surface area contributed by atoms with Crippen LogP contribution < -0.4 is 5.69 Å². The van der Waals surface area contributed by atoms with Crippen molar-refractivity contribution >= 4 is 22.7 Å². The second-order valence-electron chi connectivity index (χ2n) is 5.31. The van der Waals surface area contributed by atoms with Gasteiger partial charge >= 0.3 is 5.69 Å². The Hall–Kier alpha value is -2.15. The van der Waals surface area contributed by atoms with Crippen molar-refractivity contribution in [1.82, 2.24) is 19.7 Å². The van der Waals surface area contributed by atoms with Gasteiger partial charge < -0.3 is 0 Å². The maximum atomic E-state index is 13.8. The molecule has 2 heterocycles. The van der Waals surface area contributed by atoms with Crippen molar-refractivity contribution in [2.24, 2.45) is 0 Å². The molecule has 0 bridgehead atoms. The van der Waals surface area contributed by atoms with Gasteiger partial charge in [-0.15, -0.1) is 5.10 Å². The summed E-state index contributed by atoms with van der Waals surface area (Å²) in [6, 6.07) is 6.92. The summed E-state index contributed by atoms with van der Waals surface area (Å²) in [5.74, 6) is 0.316. The maximum Gasteiger partial charge on any atom is 0.344 e. The molecule has 0 aliphatic heterocycles. The molecule has 0 saturated heterocycles. The van der Waals surface area contributed by atoms with E-state index in [-0.39, 0.29) is 17.5 Å². The first-order valence-electron chi connectivity index (χ1n) is 7.06. The average molecular weight is 316 g/mol. The van der Waals surface area contributed by atoms with Crippen molar-refractivity contribution in [3.05, 3.63) is 52.3 Å². The molecule has 0 atom stereocenters. The number of hydrogen-bond acceptors (Lipinski definition) is 4. The first kappa shape index (κ1) is 13.5. The van der Waals surface area contributed by atoms with Crippen LogP contribution in [0.4, 0.5) is 4.39 Å². The van der Waals surface area contributed by atoms with Crippen LogP contribution in [0.25, 0.3) is 10.9 Å². The molecule has 4 rings (SSSR count). The second-order valence-corrected chi connectivity index (χ2v) is 6.25. The fourth-order valence-corrected chi connectivity index (χ4v) is 3.50. The van der Waals surface area contributed by atoms with Crippen LogP contribution in [0.5, 0.6) is 0 Å². The summed E-state index contributed by atoms with van der Waals surface area (Å²) in [6.07, 6.45) is 3.70. The molecular formula is C15H13FN4OS. The summed E-state index contributed by atoms with van der Waals surface area (Å²) >= 11 is 1.47. The Morgan fingerprint density at radius 2 is 2.23 bits per heavy atom. The number of aromatic amines is 1. The minimum Gasteiger partial charge on any atom is -0.267 e. The number of aromatic nitrogens is 4. The van der Waals surface area contributed by atoms with Crippen LogP contribution in [0.3, 0.4) is 0 Å². The third-order valence-electron chi connectivity index (χ3n) is 3.74. The van der Waals surface area contributed by atoms with Crippen LogP contribution in [-0.2, 0) is 5.75 Å². The predicted molar refractivity (Wildman–Crippen MR) is 82.4 cm³/mol. The normalized spacial score (nSPS) is 14.6. The lowest BCUT2D eigenvalue weighted by atomic mass is 10.1. The van der Waals surface area contributed by atoms with Crippen LogP contribution in [0.2, 0.25) is 0 Å². The molecule has 1 N–H and O–H groups in total. The number of fused-ring (bicyclic) bond motifs is 1. The van der Waals surface area contributed by atoms with E-state index in [9.17, 15) is 9.18 Å². The summed E-state index contributed by atoms with van der Waals surface area (Å²) in [4.78, 5) is 16.0. The summed E-state index contributed by atoms with van der Waals surface area (Å²) in [7, 11) is 0. The van der Waals surface area contributed by atoms with Gasteiger partial charge in [-0.05, 0) is 36.6 Å². The Morgan fingerprint density at radius 3 is 3.05 bits per heavy atom. The van der Waals surface area contributed by atoms with Crippen LogP contribution in [0.15, 0.2) is 40.4 Å². The molecule has 112 valence electrons. The zero-order valence-electron chi connectivity index (χ0n) is 11.6. The Morgan fingerprint density at radius 1 is 1.36 bits per heavy atom. The van der Waals surface area contributed by atoms with Crippen LogP contribution in [-0.4, -0.2) is 19.7 Å². The van der Waals surface area contributed by atoms with Crippen LogP contribution >= 0.6 is 11.8 Å². The van der Waals surface area contributed by atoms with Crippen molar-refractivity contribution < 1.29 is 4.39 Å². The molecule has 0 radical (unpaired) electrons. The van der Waals surface area contributed by atoms with Gasteiger partial charge in [-0.3, -0.25) is 9.55 Å². The zero-order chi connectivity index (χ0) is 15.1. The van der Waals surface area contributed by atoms with E-state index in [1.165, 1.54) is 17.8 Å². The highest BCUT2D eigenvalue weighted by Crippen LogP contribution is 2.36. The SMILES string of the molecule is O=c1[nH]nc(SCc2ccc(F)c3cccnc23)n1C1CC1. The fourth-order valence-electron chi connectivity index (χ4n) is 2.50. The van der Waals surface area contributed by atoms with E-state index >= 15 is 0 Å². The molecular weight excluding hydrogens is 303 g/mol. The molecule has 7 heteroatoms. The van der Waals surface area contributed by atoms with Gasteiger partial charge in [0.15, 0.2) is 5.16 Å². The highest BCUT2D eigenvalue weighted by molar-refractivity contribution is 7.98. The van der Waals surface area contributed by atoms with E-state index in [2.05, 4.69) is 15.2 Å². The van der Waals surface area contributed by atoms with E-state index in [0.717, 1.165) is 18.4 Å². The van der Waals surface area contributed by atoms with Gasteiger partial charge in [-0.1, -0.05) is 17.8 Å². The Bertz CT molecular complexity index is 900. The lowest BCUT2D eigenvalue weighted by molar-refractivity contribution is 0.639. The number of halogens is 1. The number of pyridine rings is 1. The third kappa shape index (κ3) is 2.31. The molecule has 2 aromatic heterocycles. The number of benzene rings is 1. The number of rotatable bonds is 4. The average Bonchev–Trinajstić information content (AvgIpc) is 3.30. The molecule has 3 aromatic rings. The van der Waals surface area contributed by atoms with Gasteiger partial charge in [0.05, 0.1) is 5.52 Å². The monoisotopic (exact) mass is 316 g/mol. The van der Waals surface area contributed by atoms with Crippen molar-refractivity contribution in [3.63, 3.8) is 0 Å². The van der Waals surface area contributed by atoms with E-state index < -0.39 is 0 Å². The van der Waals surface area contributed by atoms with Crippen molar-refractivity contribution in [2.45, 2.75) is 29.8 Å². The Kier molecular flexibility index (Phi) is 3.22. The molecule has 1 fully saturated rings. The number of hydrogen-bond donors (Lipinski definition) is 1. The quantitative estimate of drug-likeness (QED) is 0.752. The van der Waals surface area contributed by atoms with Gasteiger partial charge in [0.25, 0.3) is 0 Å². The summed E-state index contributed by atoms with van der Waals surface area (Å²) < 4.78 is 15.5. The molecule has 0 unspecified atom stereocenters. The Balaban J connectivity index is 1.65. The minimum atomic E-state index is -0.272. The fraction of sp³-hybridized carbons (Fsp3) is 0.267. The lowest BCUT2D eigenvalue weighted by Gasteiger charge is -2.07. The predicted octanol–water partition coefficient (Wildman–Crippen LogP) is 2.89. The maximum absolute atomic E-state index is 13.8. The molecule has 1 aliphatic carbocycles. The second kappa shape index (κ2) is 5.24. The number of thioether (sulfide) groups is 1. The topological polar surface area (TPSA) is 63.6 Å². The van der Waals surface area contributed by atoms with E-state index in [4.69, 9.17) is 0 Å². The molecule has 0 spiro atoms. The van der Waals surface area contributed by atoms with Gasteiger partial charge in [0.2, 0.25) is 0 Å². The molecule has 22 heavy (non-hydrogen) atoms. The van der Waals surface area contributed by atoms with E-state index in [1.54, 1.807) is 29.0 Å². The number of H-pyrrole nitrogens is 1. The molecule has 1 saturated carbocycles. The zero-order valence-corrected chi connectivity index (χ0v) is 12.4. The van der Waals surface area contributed by atoms with Crippen molar-refractivity contribution in [1.29, 1.82) is 0 Å². The summed E-state index contributed by atoms with van der Waals surface area (Å²) in [6.45, 7) is 0. The highest BCUT2D eigenvalue weighted by Gasteiger charge is 2.28. The van der Waals surface area contributed by atoms with Gasteiger partial charge in [-0.25, -0.2) is 14.3 Å². The van der Waals surface area contributed by atoms with E-state index in [1.807, 2.05) is 0 Å². The molecule has 0 amide bonds. The van der Waals surface area contributed by atoms with Crippen molar-refractivity contribution in [2.75, 3.05) is 0 Å². The first-order chi connectivity index (χ1) is 10.7. The van der Waals surface area contributed by atoms with Crippen LogP contribution in [0, 0.1) is 5.82 Å². The minimum absolute atomic E-state index is 0.160. The lowest BCUT2D eigenvalue weighted by Crippen LogP contribution is -2.16. The molecule has 1 aliphatic rings. The van der Waals surface area contributed by atoms with Crippen molar-refractivity contribution in [3.8, 4) is 0 Å². The highest BCUT2D eigenvalue weighted by atomic mass is 32.2. The van der Waals surface area contributed by atoms with E-state index in [0.29, 0.717) is 21.8 Å². The molecule has 1 aromatic carbocycles. The first-order valence-corrected chi connectivity index (χ1v) is 8.04. The van der Waals surface area contributed by atoms with Crippen LogP contribution in [0.1, 0.15) is 24.4 Å². The third-order valence-corrected chi connectivity index (χ3v) is 4.74. The Labute approximate surface area is 129 Å². The molecule has 5 nitrogen and oxygen atoms in total. The summed E-state index contributed by atoms with van der Waals surface area (Å²) in [5.41, 5.74) is 1.43. The number of nitrogens with one attached hydrogen (secondary N) is 1. The standard InChI is InChI=1S/C15H13FN4OS/c16-12-6-3-9(13-11(12)2-1-7-17-13)8-22-15-19-18-14(21)20(15)10-4-5-10/h1-3,6-7,10H,4-5,8H2,(H,18,21). The largest absolute Gasteiger partial charge is 0.344 e. The van der Waals surface area contributed by atoms with Gasteiger partial charge in [0.1, 0.15) is 5.82 Å². The van der Waals surface area contributed by atoms with Gasteiger partial charge in [-0.2, -0.15) is 0 Å². The smallest absolute Gasteiger partial charge is 0.267 e. The van der Waals surface area contributed by atoms with Gasteiger partial charge in [0, 0.05) is 23.4 Å². The number of nitrogens with zero attached hydrogens (tertiary/aromatic N) is 3.